The number of benzene rings is 1. The number of nitrogens with two attached hydrogens (primary N) is 1. The molecule has 0 radical (unpaired) electrons. The monoisotopic (exact) mass is 238 g/mol. The molecule has 94 valence electrons. The van der Waals surface area contributed by atoms with Gasteiger partial charge in [0.05, 0.1) is 11.7 Å². The highest BCUT2D eigenvalue weighted by atomic mass is 19.1. The van der Waals surface area contributed by atoms with Crippen LogP contribution in [0.25, 0.3) is 0 Å². The highest BCUT2D eigenvalue weighted by molar-refractivity contribution is 5.94. The lowest BCUT2D eigenvalue weighted by Gasteiger charge is -2.14. The maximum atomic E-state index is 13.4. The number of carbonyl (C=O) groups excluding carboxylic acids is 1. The molecule has 1 atom stereocenters. The molecule has 4 heteroatoms. The van der Waals surface area contributed by atoms with Gasteiger partial charge in [-0.2, -0.15) is 0 Å². The Kier molecular flexibility index (Phi) is 4.63. The molecule has 0 spiro atoms. The van der Waals surface area contributed by atoms with Gasteiger partial charge in [0.2, 0.25) is 5.91 Å². The number of hydrogen-bond acceptors (Lipinski definition) is 2. The Bertz CT molecular complexity index is 404. The summed E-state index contributed by atoms with van der Waals surface area (Å²) in [6.07, 6.45) is 0.583. The van der Waals surface area contributed by atoms with Crippen molar-refractivity contribution in [3.8, 4) is 0 Å². The van der Waals surface area contributed by atoms with Crippen LogP contribution in [-0.2, 0) is 4.79 Å². The number of aryl methyl sites for hydroxylation is 1. The van der Waals surface area contributed by atoms with Gasteiger partial charge in [-0.25, -0.2) is 4.39 Å². The van der Waals surface area contributed by atoms with Crippen LogP contribution in [0.3, 0.4) is 0 Å². The molecular formula is C13H19FN2O. The van der Waals surface area contributed by atoms with Crippen molar-refractivity contribution >= 4 is 11.6 Å². The van der Waals surface area contributed by atoms with E-state index in [1.165, 1.54) is 6.07 Å². The van der Waals surface area contributed by atoms with Crippen molar-refractivity contribution in [2.75, 3.05) is 5.32 Å². The van der Waals surface area contributed by atoms with Gasteiger partial charge >= 0.3 is 0 Å². The van der Waals surface area contributed by atoms with E-state index in [1.807, 2.05) is 20.8 Å². The summed E-state index contributed by atoms with van der Waals surface area (Å²) < 4.78 is 13.4. The van der Waals surface area contributed by atoms with E-state index in [9.17, 15) is 9.18 Å². The number of anilines is 1. The van der Waals surface area contributed by atoms with Crippen LogP contribution >= 0.6 is 0 Å². The minimum Gasteiger partial charge on any atom is -0.322 e. The maximum Gasteiger partial charge on any atom is 0.241 e. The molecule has 3 N–H and O–H groups in total. The number of carbonyl (C=O) groups is 1. The Morgan fingerprint density at radius 3 is 2.71 bits per heavy atom. The van der Waals surface area contributed by atoms with Gasteiger partial charge in [-0.1, -0.05) is 19.9 Å². The summed E-state index contributed by atoms with van der Waals surface area (Å²) in [7, 11) is 0. The second-order valence-corrected chi connectivity index (χ2v) is 4.71. The molecule has 0 aromatic heterocycles. The summed E-state index contributed by atoms with van der Waals surface area (Å²) in [5, 5.41) is 2.52. The molecule has 1 amide bonds. The van der Waals surface area contributed by atoms with Crippen LogP contribution in [0.4, 0.5) is 10.1 Å². The lowest BCUT2D eigenvalue weighted by molar-refractivity contribution is -0.117. The predicted molar refractivity (Wildman–Crippen MR) is 67.2 cm³/mol. The molecular weight excluding hydrogens is 219 g/mol. The van der Waals surface area contributed by atoms with Gasteiger partial charge in [0.1, 0.15) is 5.82 Å². The van der Waals surface area contributed by atoms with Gasteiger partial charge in [-0.3, -0.25) is 4.79 Å². The van der Waals surface area contributed by atoms with Crippen molar-refractivity contribution in [2.45, 2.75) is 33.2 Å². The van der Waals surface area contributed by atoms with Crippen LogP contribution in [0.2, 0.25) is 0 Å². The fraction of sp³-hybridized carbons (Fsp3) is 0.462. The smallest absolute Gasteiger partial charge is 0.241 e. The van der Waals surface area contributed by atoms with Crippen LogP contribution in [-0.4, -0.2) is 11.9 Å². The molecule has 0 aliphatic carbocycles. The third kappa shape index (κ3) is 4.15. The van der Waals surface area contributed by atoms with E-state index < -0.39 is 11.9 Å². The number of nitrogens with one attached hydrogen (secondary N) is 1. The van der Waals surface area contributed by atoms with Crippen molar-refractivity contribution in [3.05, 3.63) is 29.6 Å². The van der Waals surface area contributed by atoms with E-state index in [1.54, 1.807) is 12.1 Å². The number of amides is 1. The molecule has 17 heavy (non-hydrogen) atoms. The first-order chi connectivity index (χ1) is 7.90. The van der Waals surface area contributed by atoms with Crippen molar-refractivity contribution in [1.29, 1.82) is 0 Å². The van der Waals surface area contributed by atoms with E-state index >= 15 is 0 Å². The summed E-state index contributed by atoms with van der Waals surface area (Å²) in [4.78, 5) is 11.7. The Labute approximate surface area is 101 Å². The first-order valence-electron chi connectivity index (χ1n) is 5.72. The van der Waals surface area contributed by atoms with Crippen LogP contribution in [0.15, 0.2) is 18.2 Å². The zero-order valence-corrected chi connectivity index (χ0v) is 10.5. The van der Waals surface area contributed by atoms with Gasteiger partial charge < -0.3 is 11.1 Å². The fourth-order valence-corrected chi connectivity index (χ4v) is 1.58. The Balaban J connectivity index is 2.70. The minimum absolute atomic E-state index is 0.189. The minimum atomic E-state index is -0.602. The van der Waals surface area contributed by atoms with E-state index in [-0.39, 0.29) is 11.6 Å². The SMILES string of the molecule is Cc1ccc(F)c(NC(=O)[C@@H](N)CC(C)C)c1. The average Bonchev–Trinajstić information content (AvgIpc) is 2.22. The Morgan fingerprint density at radius 2 is 2.12 bits per heavy atom. The van der Waals surface area contributed by atoms with Gasteiger partial charge in [-0.15, -0.1) is 0 Å². The maximum absolute atomic E-state index is 13.4. The lowest BCUT2D eigenvalue weighted by Crippen LogP contribution is -2.36. The van der Waals surface area contributed by atoms with Crippen LogP contribution in [0, 0.1) is 18.7 Å². The van der Waals surface area contributed by atoms with E-state index in [2.05, 4.69) is 5.32 Å². The average molecular weight is 238 g/mol. The quantitative estimate of drug-likeness (QED) is 0.846. The van der Waals surface area contributed by atoms with E-state index in [0.29, 0.717) is 12.3 Å². The van der Waals surface area contributed by atoms with E-state index in [0.717, 1.165) is 5.56 Å². The largest absolute Gasteiger partial charge is 0.322 e. The fourth-order valence-electron chi connectivity index (χ4n) is 1.58. The summed E-state index contributed by atoms with van der Waals surface area (Å²) in [6.45, 7) is 5.81. The molecule has 0 fully saturated rings. The lowest BCUT2D eigenvalue weighted by atomic mass is 10.0. The molecule has 1 rings (SSSR count). The predicted octanol–water partition coefficient (Wildman–Crippen LogP) is 2.45. The summed E-state index contributed by atoms with van der Waals surface area (Å²) in [6, 6.07) is 3.97. The van der Waals surface area contributed by atoms with Gasteiger partial charge in [0, 0.05) is 0 Å². The topological polar surface area (TPSA) is 55.1 Å². The van der Waals surface area contributed by atoms with Gasteiger partial charge in [0.15, 0.2) is 0 Å². The highest BCUT2D eigenvalue weighted by Gasteiger charge is 2.16. The zero-order chi connectivity index (χ0) is 13.0. The standard InChI is InChI=1S/C13H19FN2O/c1-8(2)6-11(15)13(17)16-12-7-9(3)4-5-10(12)14/h4-5,7-8,11H,6,15H2,1-3H3,(H,16,17)/t11-/m0/s1. The van der Waals surface area contributed by atoms with Crippen molar-refractivity contribution in [1.82, 2.24) is 0 Å². The number of halogens is 1. The molecule has 1 aromatic rings. The second kappa shape index (κ2) is 5.77. The van der Waals surface area contributed by atoms with Crippen LogP contribution in [0.1, 0.15) is 25.8 Å². The molecule has 1 aromatic carbocycles. The third-order valence-corrected chi connectivity index (χ3v) is 2.44. The van der Waals surface area contributed by atoms with Crippen molar-refractivity contribution in [3.63, 3.8) is 0 Å². The van der Waals surface area contributed by atoms with Gasteiger partial charge in [0.25, 0.3) is 0 Å². The van der Waals surface area contributed by atoms with Crippen molar-refractivity contribution < 1.29 is 9.18 Å². The molecule has 0 unspecified atom stereocenters. The zero-order valence-electron chi connectivity index (χ0n) is 10.5. The number of rotatable bonds is 4. The first-order valence-corrected chi connectivity index (χ1v) is 5.72. The molecule has 0 bridgehead atoms. The van der Waals surface area contributed by atoms with Gasteiger partial charge in [-0.05, 0) is 37.0 Å². The normalized spacial score (nSPS) is 12.6. The molecule has 0 aliphatic rings. The summed E-state index contributed by atoms with van der Waals surface area (Å²) in [5.41, 5.74) is 6.80. The number of hydrogen-bond donors (Lipinski definition) is 2. The van der Waals surface area contributed by atoms with Crippen LogP contribution < -0.4 is 11.1 Å². The Hall–Kier alpha value is -1.42. The Morgan fingerprint density at radius 1 is 1.47 bits per heavy atom. The molecule has 0 saturated carbocycles. The highest BCUT2D eigenvalue weighted by Crippen LogP contribution is 2.16. The first kappa shape index (κ1) is 13.6. The summed E-state index contributed by atoms with van der Waals surface area (Å²) in [5.74, 6) is -0.456. The molecule has 0 aliphatic heterocycles. The third-order valence-electron chi connectivity index (χ3n) is 2.44. The van der Waals surface area contributed by atoms with Crippen molar-refractivity contribution in [2.24, 2.45) is 11.7 Å². The molecule has 0 heterocycles. The van der Waals surface area contributed by atoms with Crippen LogP contribution in [0.5, 0.6) is 0 Å². The van der Waals surface area contributed by atoms with E-state index in [4.69, 9.17) is 5.73 Å². The summed E-state index contributed by atoms with van der Waals surface area (Å²) >= 11 is 0. The molecule has 3 nitrogen and oxygen atoms in total. The second-order valence-electron chi connectivity index (χ2n) is 4.71. The molecule has 0 saturated heterocycles.